The molecule has 0 aliphatic heterocycles. The van der Waals surface area contributed by atoms with E-state index in [2.05, 4.69) is 0 Å². The van der Waals surface area contributed by atoms with Gasteiger partial charge in [-0.3, -0.25) is 4.55 Å². The van der Waals surface area contributed by atoms with E-state index in [-0.39, 0.29) is 15.5 Å². The van der Waals surface area contributed by atoms with Gasteiger partial charge in [0.25, 0.3) is 10.1 Å². The SMILES string of the molecule is Cc1cc(C)c(S(=O)(=O)Oc2ccc(S(=O)(=O)O)cc2)c(C)c1. The molecule has 0 bridgehead atoms. The zero-order valence-corrected chi connectivity index (χ0v) is 14.4. The molecular weight excluding hydrogens is 340 g/mol. The van der Waals surface area contributed by atoms with Gasteiger partial charge in [0.05, 0.1) is 4.90 Å². The largest absolute Gasteiger partial charge is 0.379 e. The molecule has 2 aromatic carbocycles. The molecule has 1 N–H and O–H groups in total. The Labute approximate surface area is 135 Å². The van der Waals surface area contributed by atoms with Crippen LogP contribution in [-0.4, -0.2) is 21.4 Å². The van der Waals surface area contributed by atoms with Crippen molar-refractivity contribution in [2.45, 2.75) is 30.6 Å². The standard InChI is InChI=1S/C15H16O6S2/c1-10-8-11(2)15(12(3)9-10)23(19,20)21-13-4-6-14(7-5-13)22(16,17)18/h4-9H,1-3H3,(H,16,17,18). The van der Waals surface area contributed by atoms with E-state index in [1.807, 2.05) is 6.92 Å². The molecule has 124 valence electrons. The van der Waals surface area contributed by atoms with Crippen molar-refractivity contribution in [3.63, 3.8) is 0 Å². The van der Waals surface area contributed by atoms with Crippen LogP contribution in [0.25, 0.3) is 0 Å². The van der Waals surface area contributed by atoms with E-state index < -0.39 is 20.2 Å². The lowest BCUT2D eigenvalue weighted by atomic mass is 10.1. The highest BCUT2D eigenvalue weighted by Gasteiger charge is 2.22. The molecule has 0 fully saturated rings. The zero-order valence-electron chi connectivity index (χ0n) is 12.8. The Morgan fingerprint density at radius 2 is 1.35 bits per heavy atom. The summed E-state index contributed by atoms with van der Waals surface area (Å²) < 4.78 is 60.8. The maximum absolute atomic E-state index is 12.4. The van der Waals surface area contributed by atoms with Gasteiger partial charge in [-0.2, -0.15) is 16.8 Å². The van der Waals surface area contributed by atoms with Crippen LogP contribution in [0.2, 0.25) is 0 Å². The van der Waals surface area contributed by atoms with Gasteiger partial charge in [0.15, 0.2) is 0 Å². The highest BCUT2D eigenvalue weighted by Crippen LogP contribution is 2.26. The molecule has 0 aliphatic carbocycles. The molecule has 0 radical (unpaired) electrons. The molecule has 0 unspecified atom stereocenters. The number of aryl methyl sites for hydroxylation is 3. The molecule has 0 spiro atoms. The van der Waals surface area contributed by atoms with E-state index in [0.717, 1.165) is 17.7 Å². The van der Waals surface area contributed by atoms with Crippen molar-refractivity contribution in [3.8, 4) is 5.75 Å². The smallest absolute Gasteiger partial charge is 0.339 e. The van der Waals surface area contributed by atoms with Gasteiger partial charge in [-0.05, 0) is 56.2 Å². The van der Waals surface area contributed by atoms with Gasteiger partial charge in [-0.1, -0.05) is 17.7 Å². The third-order valence-electron chi connectivity index (χ3n) is 3.18. The summed E-state index contributed by atoms with van der Waals surface area (Å²) in [6, 6.07) is 7.94. The van der Waals surface area contributed by atoms with Crippen LogP contribution in [0.1, 0.15) is 16.7 Å². The maximum Gasteiger partial charge on any atom is 0.339 e. The minimum atomic E-state index is -4.34. The second-order valence-corrected chi connectivity index (χ2v) is 8.12. The van der Waals surface area contributed by atoms with Crippen LogP contribution < -0.4 is 4.18 Å². The van der Waals surface area contributed by atoms with Crippen LogP contribution in [0.15, 0.2) is 46.2 Å². The van der Waals surface area contributed by atoms with E-state index >= 15 is 0 Å². The van der Waals surface area contributed by atoms with Gasteiger partial charge in [0.1, 0.15) is 10.6 Å². The summed E-state index contributed by atoms with van der Waals surface area (Å²) in [5.41, 5.74) is 2.07. The van der Waals surface area contributed by atoms with E-state index in [9.17, 15) is 16.8 Å². The maximum atomic E-state index is 12.4. The molecular formula is C15H16O6S2. The van der Waals surface area contributed by atoms with Crippen LogP contribution in [0.4, 0.5) is 0 Å². The van der Waals surface area contributed by atoms with Crippen molar-refractivity contribution in [2.75, 3.05) is 0 Å². The Hall–Kier alpha value is -1.90. The number of hydrogen-bond acceptors (Lipinski definition) is 5. The van der Waals surface area contributed by atoms with Gasteiger partial charge in [0, 0.05) is 0 Å². The molecule has 8 heteroatoms. The first kappa shape index (κ1) is 17.5. The first-order valence-corrected chi connectivity index (χ1v) is 9.45. The van der Waals surface area contributed by atoms with Gasteiger partial charge in [-0.25, -0.2) is 0 Å². The Kier molecular flexibility index (Phi) is 4.52. The summed E-state index contributed by atoms with van der Waals surface area (Å²) >= 11 is 0. The minimum absolute atomic E-state index is 0.0447. The number of rotatable bonds is 4. The van der Waals surface area contributed by atoms with Crippen molar-refractivity contribution in [2.24, 2.45) is 0 Å². The van der Waals surface area contributed by atoms with Crippen molar-refractivity contribution in [1.29, 1.82) is 0 Å². The quantitative estimate of drug-likeness (QED) is 0.668. The zero-order chi connectivity index (χ0) is 17.4. The van der Waals surface area contributed by atoms with E-state index in [1.165, 1.54) is 12.1 Å². The van der Waals surface area contributed by atoms with Crippen LogP contribution in [-0.2, 0) is 20.2 Å². The molecule has 0 amide bonds. The fourth-order valence-electron chi connectivity index (χ4n) is 2.40. The minimum Gasteiger partial charge on any atom is -0.379 e. The monoisotopic (exact) mass is 356 g/mol. The topological polar surface area (TPSA) is 97.7 Å². The lowest BCUT2D eigenvalue weighted by Gasteiger charge is -2.13. The molecule has 2 rings (SSSR count). The molecule has 6 nitrogen and oxygen atoms in total. The highest BCUT2D eigenvalue weighted by atomic mass is 32.2. The Morgan fingerprint density at radius 1 is 0.870 bits per heavy atom. The second-order valence-electron chi connectivity index (χ2n) is 5.21. The summed E-state index contributed by atoms with van der Waals surface area (Å²) in [5, 5.41) is 0. The van der Waals surface area contributed by atoms with Gasteiger partial charge in [-0.15, -0.1) is 0 Å². The summed E-state index contributed by atoms with van der Waals surface area (Å²) in [6.07, 6.45) is 0. The predicted molar refractivity (Wildman–Crippen MR) is 84.7 cm³/mol. The predicted octanol–water partition coefficient (Wildman–Crippen LogP) is 2.63. The van der Waals surface area contributed by atoms with Crippen LogP contribution in [0, 0.1) is 20.8 Å². The molecule has 0 heterocycles. The molecule has 0 aliphatic rings. The second kappa shape index (κ2) is 5.95. The molecule has 0 saturated heterocycles. The summed E-state index contributed by atoms with van der Waals surface area (Å²) in [4.78, 5) is -0.257. The number of hydrogen-bond donors (Lipinski definition) is 1. The van der Waals surface area contributed by atoms with Crippen LogP contribution >= 0.6 is 0 Å². The molecule has 2 aromatic rings. The summed E-state index contributed by atoms with van der Waals surface area (Å²) in [5.74, 6) is -0.0447. The van der Waals surface area contributed by atoms with Crippen molar-refractivity contribution < 1.29 is 25.6 Å². The third kappa shape index (κ3) is 3.90. The average molecular weight is 356 g/mol. The lowest BCUT2D eigenvalue weighted by molar-refractivity contribution is 0.482. The third-order valence-corrected chi connectivity index (χ3v) is 5.61. The fraction of sp³-hybridized carbons (Fsp3) is 0.200. The first-order valence-electron chi connectivity index (χ1n) is 6.60. The fourth-order valence-corrected chi connectivity index (χ4v) is 4.23. The molecule has 0 aromatic heterocycles. The Morgan fingerprint density at radius 3 is 1.78 bits per heavy atom. The average Bonchev–Trinajstić information content (AvgIpc) is 2.35. The van der Waals surface area contributed by atoms with Gasteiger partial charge in [0.2, 0.25) is 0 Å². The van der Waals surface area contributed by atoms with Crippen molar-refractivity contribution in [1.82, 2.24) is 0 Å². The molecule has 0 atom stereocenters. The van der Waals surface area contributed by atoms with Gasteiger partial charge >= 0.3 is 10.1 Å². The molecule has 0 saturated carbocycles. The summed E-state index contributed by atoms with van der Waals surface area (Å²) in [6.45, 7) is 5.22. The van der Waals surface area contributed by atoms with Crippen LogP contribution in [0.3, 0.4) is 0 Å². The normalized spacial score (nSPS) is 12.2. The first-order chi connectivity index (χ1) is 10.5. The molecule has 23 heavy (non-hydrogen) atoms. The van der Waals surface area contributed by atoms with Crippen LogP contribution in [0.5, 0.6) is 5.75 Å². The Bertz CT molecular complexity index is 919. The van der Waals surface area contributed by atoms with Crippen molar-refractivity contribution in [3.05, 3.63) is 53.1 Å². The highest BCUT2D eigenvalue weighted by molar-refractivity contribution is 7.87. The van der Waals surface area contributed by atoms with E-state index in [1.54, 1.807) is 26.0 Å². The lowest BCUT2D eigenvalue weighted by Crippen LogP contribution is -2.13. The number of benzene rings is 2. The van der Waals surface area contributed by atoms with E-state index in [0.29, 0.717) is 11.1 Å². The van der Waals surface area contributed by atoms with E-state index in [4.69, 9.17) is 8.74 Å². The summed E-state index contributed by atoms with van der Waals surface area (Å²) in [7, 11) is -8.39. The van der Waals surface area contributed by atoms with Crippen molar-refractivity contribution >= 4 is 20.2 Å². The Balaban J connectivity index is 2.40. The van der Waals surface area contributed by atoms with Gasteiger partial charge < -0.3 is 4.18 Å².